The van der Waals surface area contributed by atoms with E-state index in [0.29, 0.717) is 11.1 Å². The summed E-state index contributed by atoms with van der Waals surface area (Å²) in [6.45, 7) is 0. The van der Waals surface area contributed by atoms with Crippen LogP contribution in [0.25, 0.3) is 0 Å². The summed E-state index contributed by atoms with van der Waals surface area (Å²) >= 11 is 1.46. The maximum Gasteiger partial charge on any atom is 0.216 e. The Morgan fingerprint density at radius 1 is 1.67 bits per heavy atom. The number of H-pyrrole nitrogens is 1. The van der Waals surface area contributed by atoms with Crippen LogP contribution in [0.4, 0.5) is 5.95 Å². The number of anilines is 1. The second kappa shape index (κ2) is 3.58. The summed E-state index contributed by atoms with van der Waals surface area (Å²) in [4.78, 5) is 3.80. The van der Waals surface area contributed by atoms with Gasteiger partial charge < -0.3 is 5.73 Å². The van der Waals surface area contributed by atoms with Gasteiger partial charge in [0.2, 0.25) is 11.1 Å². The second-order valence-electron chi connectivity index (χ2n) is 1.21. The molecule has 0 saturated carbocycles. The van der Waals surface area contributed by atoms with E-state index in [1.165, 1.54) is 11.8 Å². The first-order chi connectivity index (χ1) is 3.83. The molecule has 0 unspecified atom stereocenters. The molecule has 1 aromatic rings. The van der Waals surface area contributed by atoms with E-state index in [9.17, 15) is 0 Å². The molecule has 1 rings (SSSR count). The van der Waals surface area contributed by atoms with Crippen molar-refractivity contribution >= 4 is 30.1 Å². The Bertz CT molecular complexity index is 176. The number of halogens is 1. The molecule has 0 amide bonds. The number of nitrogen functional groups attached to an aromatic ring is 1. The molecule has 0 aliphatic rings. The van der Waals surface area contributed by atoms with Gasteiger partial charge in [-0.2, -0.15) is 4.98 Å². The fourth-order valence-electron chi connectivity index (χ4n) is 0.349. The summed E-state index contributed by atoms with van der Waals surface area (Å²) in [6, 6.07) is 0. The molecule has 0 aliphatic carbocycles. The third kappa shape index (κ3) is 2.11. The zero-order valence-corrected chi connectivity index (χ0v) is 6.42. The average molecular weight is 167 g/mol. The van der Waals surface area contributed by atoms with Gasteiger partial charge in [0.1, 0.15) is 0 Å². The van der Waals surface area contributed by atoms with Crippen LogP contribution in [0, 0.1) is 0 Å². The molecule has 0 saturated heterocycles. The van der Waals surface area contributed by atoms with Crippen LogP contribution in [0.5, 0.6) is 0 Å². The van der Waals surface area contributed by atoms with Gasteiger partial charge in [0, 0.05) is 0 Å². The normalized spacial score (nSPS) is 8.56. The van der Waals surface area contributed by atoms with Gasteiger partial charge in [-0.25, -0.2) is 5.10 Å². The average Bonchev–Trinajstić information content (AvgIpc) is 2.14. The first kappa shape index (κ1) is 8.58. The zero-order valence-electron chi connectivity index (χ0n) is 4.79. The third-order valence-electron chi connectivity index (χ3n) is 0.665. The van der Waals surface area contributed by atoms with E-state index in [2.05, 4.69) is 15.2 Å². The molecular weight excluding hydrogens is 160 g/mol. The lowest BCUT2D eigenvalue weighted by molar-refractivity contribution is 0.977. The molecule has 3 N–H and O–H groups in total. The third-order valence-corrected chi connectivity index (χ3v) is 1.21. The molecule has 0 spiro atoms. The molecule has 0 aliphatic heterocycles. The molecule has 4 nitrogen and oxygen atoms in total. The SMILES string of the molecule is CSc1n[nH]c(N)n1.Cl. The topological polar surface area (TPSA) is 67.6 Å². The van der Waals surface area contributed by atoms with Gasteiger partial charge in [-0.1, -0.05) is 11.8 Å². The number of nitrogens with two attached hydrogens (primary N) is 1. The van der Waals surface area contributed by atoms with Gasteiger partial charge in [-0.05, 0) is 6.26 Å². The van der Waals surface area contributed by atoms with Gasteiger partial charge in [0.15, 0.2) is 0 Å². The summed E-state index contributed by atoms with van der Waals surface area (Å²) in [5.74, 6) is 0.370. The van der Waals surface area contributed by atoms with Gasteiger partial charge in [-0.3, -0.25) is 0 Å². The van der Waals surface area contributed by atoms with Crippen molar-refractivity contribution in [3.63, 3.8) is 0 Å². The second-order valence-corrected chi connectivity index (χ2v) is 1.98. The van der Waals surface area contributed by atoms with Crippen molar-refractivity contribution in [2.24, 2.45) is 0 Å². The van der Waals surface area contributed by atoms with Crippen LogP contribution in [0.3, 0.4) is 0 Å². The first-order valence-electron chi connectivity index (χ1n) is 2.05. The van der Waals surface area contributed by atoms with Crippen LogP contribution in [0.2, 0.25) is 0 Å². The Morgan fingerprint density at radius 3 is 2.56 bits per heavy atom. The molecule has 0 atom stereocenters. The van der Waals surface area contributed by atoms with Crippen molar-refractivity contribution in [2.75, 3.05) is 12.0 Å². The number of thioether (sulfide) groups is 1. The van der Waals surface area contributed by atoms with E-state index >= 15 is 0 Å². The number of rotatable bonds is 1. The lowest BCUT2D eigenvalue weighted by atomic mass is 11.1. The van der Waals surface area contributed by atoms with E-state index in [1.807, 2.05) is 6.26 Å². The van der Waals surface area contributed by atoms with Gasteiger partial charge in [0.25, 0.3) is 0 Å². The Balaban J connectivity index is 0.000000640. The molecule has 0 bridgehead atoms. The van der Waals surface area contributed by atoms with Gasteiger partial charge >= 0.3 is 0 Å². The zero-order chi connectivity index (χ0) is 5.98. The molecule has 1 aromatic heterocycles. The summed E-state index contributed by atoms with van der Waals surface area (Å²) in [5, 5.41) is 6.93. The van der Waals surface area contributed by atoms with Crippen molar-refractivity contribution in [1.29, 1.82) is 0 Å². The molecule has 0 fully saturated rings. The maximum absolute atomic E-state index is 5.21. The predicted octanol–water partition coefficient (Wildman–Crippen LogP) is 0.531. The van der Waals surface area contributed by atoms with Crippen LogP contribution in [-0.2, 0) is 0 Å². The van der Waals surface area contributed by atoms with Crippen molar-refractivity contribution in [1.82, 2.24) is 15.2 Å². The van der Waals surface area contributed by atoms with Crippen LogP contribution < -0.4 is 5.73 Å². The van der Waals surface area contributed by atoms with Crippen LogP contribution in [-0.4, -0.2) is 21.4 Å². The highest BCUT2D eigenvalue weighted by atomic mass is 35.5. The molecule has 0 radical (unpaired) electrons. The highest BCUT2D eigenvalue weighted by Gasteiger charge is 1.93. The van der Waals surface area contributed by atoms with Crippen LogP contribution >= 0.6 is 24.2 Å². The van der Waals surface area contributed by atoms with E-state index in [1.54, 1.807) is 0 Å². The minimum Gasteiger partial charge on any atom is -0.368 e. The Labute approximate surface area is 63.0 Å². The van der Waals surface area contributed by atoms with Crippen molar-refractivity contribution in [3.8, 4) is 0 Å². The molecule has 9 heavy (non-hydrogen) atoms. The molecular formula is C3H7ClN4S. The van der Waals surface area contributed by atoms with E-state index in [4.69, 9.17) is 5.73 Å². The van der Waals surface area contributed by atoms with Gasteiger partial charge in [0.05, 0.1) is 0 Å². The number of nitrogens with zero attached hydrogens (tertiary/aromatic N) is 2. The predicted molar refractivity (Wildman–Crippen MR) is 39.8 cm³/mol. The van der Waals surface area contributed by atoms with E-state index in [-0.39, 0.29) is 12.4 Å². The van der Waals surface area contributed by atoms with E-state index < -0.39 is 0 Å². The van der Waals surface area contributed by atoms with Crippen molar-refractivity contribution in [3.05, 3.63) is 0 Å². The highest BCUT2D eigenvalue weighted by molar-refractivity contribution is 7.98. The van der Waals surface area contributed by atoms with Crippen molar-refractivity contribution in [2.45, 2.75) is 5.16 Å². The summed E-state index contributed by atoms with van der Waals surface area (Å²) < 4.78 is 0. The van der Waals surface area contributed by atoms with E-state index in [0.717, 1.165) is 0 Å². The van der Waals surface area contributed by atoms with Gasteiger partial charge in [-0.15, -0.1) is 17.5 Å². The number of aromatic amines is 1. The van der Waals surface area contributed by atoms with Crippen molar-refractivity contribution < 1.29 is 0 Å². The smallest absolute Gasteiger partial charge is 0.216 e. The first-order valence-corrected chi connectivity index (χ1v) is 3.27. The minimum atomic E-state index is 0. The lowest BCUT2D eigenvalue weighted by Gasteiger charge is -1.76. The Kier molecular flexibility index (Phi) is 3.41. The molecule has 0 aromatic carbocycles. The number of hydrogen-bond donors (Lipinski definition) is 2. The number of aromatic nitrogens is 3. The molecule has 1 heterocycles. The number of hydrogen-bond acceptors (Lipinski definition) is 4. The fraction of sp³-hybridized carbons (Fsp3) is 0.333. The van der Waals surface area contributed by atoms with Crippen LogP contribution in [0.15, 0.2) is 5.16 Å². The fourth-order valence-corrected chi connectivity index (χ4v) is 0.676. The quantitative estimate of drug-likeness (QED) is 0.598. The Hall–Kier alpha value is -0.420. The monoisotopic (exact) mass is 166 g/mol. The van der Waals surface area contributed by atoms with Crippen LogP contribution in [0.1, 0.15) is 0 Å². The standard InChI is InChI=1S/C3H6N4S.ClH/c1-8-3-5-2(4)6-7-3;/h1H3,(H3,4,5,6,7);1H. The summed E-state index contributed by atoms with van der Waals surface area (Å²) in [6.07, 6.45) is 1.89. The lowest BCUT2D eigenvalue weighted by Crippen LogP contribution is -1.84. The summed E-state index contributed by atoms with van der Waals surface area (Å²) in [7, 11) is 0. The Morgan fingerprint density at radius 2 is 2.33 bits per heavy atom. The number of nitrogens with one attached hydrogen (secondary N) is 1. The minimum absolute atomic E-state index is 0. The molecule has 52 valence electrons. The maximum atomic E-state index is 5.21. The molecule has 6 heteroatoms. The largest absolute Gasteiger partial charge is 0.368 e. The highest BCUT2D eigenvalue weighted by Crippen LogP contribution is 2.06. The summed E-state index contributed by atoms with van der Waals surface area (Å²) in [5.41, 5.74) is 5.21.